The molecule has 26 heavy (non-hydrogen) atoms. The zero-order valence-corrected chi connectivity index (χ0v) is 14.8. The van der Waals surface area contributed by atoms with Crippen molar-refractivity contribution < 1.29 is 14.1 Å². The van der Waals surface area contributed by atoms with Gasteiger partial charge in [0.05, 0.1) is 0 Å². The lowest BCUT2D eigenvalue weighted by molar-refractivity contribution is 0.0668. The number of pyridine rings is 1. The number of piperidine rings is 1. The van der Waals surface area contributed by atoms with E-state index in [9.17, 15) is 4.79 Å². The Bertz CT molecular complexity index is 727. The van der Waals surface area contributed by atoms with Crippen LogP contribution in [0, 0.1) is 5.92 Å². The van der Waals surface area contributed by atoms with Gasteiger partial charge in [-0.1, -0.05) is 5.16 Å². The molecule has 2 fully saturated rings. The number of aromatic nitrogens is 3. The molecule has 2 aliphatic heterocycles. The van der Waals surface area contributed by atoms with E-state index in [0.29, 0.717) is 23.3 Å². The Morgan fingerprint density at radius 3 is 2.81 bits per heavy atom. The van der Waals surface area contributed by atoms with Gasteiger partial charge < -0.3 is 14.2 Å². The third-order valence-corrected chi connectivity index (χ3v) is 5.27. The van der Waals surface area contributed by atoms with Gasteiger partial charge in [-0.15, -0.1) is 0 Å². The molecule has 2 aromatic rings. The van der Waals surface area contributed by atoms with Crippen molar-refractivity contribution in [3.63, 3.8) is 0 Å². The van der Waals surface area contributed by atoms with Gasteiger partial charge in [0.2, 0.25) is 5.89 Å². The maximum absolute atomic E-state index is 12.6. The molecule has 0 saturated carbocycles. The minimum Gasteiger partial charge on any atom is -0.381 e. The Morgan fingerprint density at radius 1 is 1.19 bits per heavy atom. The fourth-order valence-electron chi connectivity index (χ4n) is 3.81. The summed E-state index contributed by atoms with van der Waals surface area (Å²) < 4.78 is 10.9. The third kappa shape index (κ3) is 3.93. The van der Waals surface area contributed by atoms with Crippen molar-refractivity contribution in [2.75, 3.05) is 26.3 Å². The SMILES string of the molecule is O=C(c1ccncc1)N1CCCC(Cc2nc(C3CCOCC3)no2)C1. The first-order valence-corrected chi connectivity index (χ1v) is 9.39. The van der Waals surface area contributed by atoms with Crippen molar-refractivity contribution in [3.05, 3.63) is 41.8 Å². The number of hydrogen-bond donors (Lipinski definition) is 0. The summed E-state index contributed by atoms with van der Waals surface area (Å²) in [4.78, 5) is 23.2. The lowest BCUT2D eigenvalue weighted by atomic mass is 9.94. The number of nitrogens with zero attached hydrogens (tertiary/aromatic N) is 4. The summed E-state index contributed by atoms with van der Waals surface area (Å²) in [6.45, 7) is 3.07. The lowest BCUT2D eigenvalue weighted by Crippen LogP contribution is -2.40. The highest BCUT2D eigenvalue weighted by Crippen LogP contribution is 2.26. The van der Waals surface area contributed by atoms with E-state index in [1.54, 1.807) is 24.5 Å². The molecule has 2 aromatic heterocycles. The van der Waals surface area contributed by atoms with Crippen LogP contribution in [0.3, 0.4) is 0 Å². The van der Waals surface area contributed by atoms with Crippen LogP contribution in [-0.2, 0) is 11.2 Å². The molecule has 2 saturated heterocycles. The Hall–Kier alpha value is -2.28. The van der Waals surface area contributed by atoms with E-state index in [1.807, 2.05) is 4.90 Å². The minimum absolute atomic E-state index is 0.0746. The Kier molecular flexibility index (Phi) is 5.24. The smallest absolute Gasteiger partial charge is 0.253 e. The molecule has 0 aliphatic carbocycles. The highest BCUT2D eigenvalue weighted by molar-refractivity contribution is 5.94. The summed E-state index contributed by atoms with van der Waals surface area (Å²) >= 11 is 0. The lowest BCUT2D eigenvalue weighted by Gasteiger charge is -2.32. The number of likely N-dealkylation sites (tertiary alicyclic amines) is 1. The van der Waals surface area contributed by atoms with E-state index >= 15 is 0 Å². The highest BCUT2D eigenvalue weighted by atomic mass is 16.5. The normalized spacial score (nSPS) is 21.7. The van der Waals surface area contributed by atoms with Crippen LogP contribution >= 0.6 is 0 Å². The Labute approximate surface area is 152 Å². The molecule has 0 aromatic carbocycles. The van der Waals surface area contributed by atoms with Crippen molar-refractivity contribution in [2.45, 2.75) is 38.0 Å². The van der Waals surface area contributed by atoms with E-state index in [1.165, 1.54) is 0 Å². The molecule has 138 valence electrons. The molecule has 7 nitrogen and oxygen atoms in total. The van der Waals surface area contributed by atoms with Crippen LogP contribution in [0.15, 0.2) is 29.0 Å². The van der Waals surface area contributed by atoms with Crippen molar-refractivity contribution in [3.8, 4) is 0 Å². The van der Waals surface area contributed by atoms with Crippen LogP contribution in [0.25, 0.3) is 0 Å². The molecule has 0 N–H and O–H groups in total. The van der Waals surface area contributed by atoms with Gasteiger partial charge in [0.1, 0.15) is 0 Å². The van der Waals surface area contributed by atoms with Gasteiger partial charge in [-0.05, 0) is 43.7 Å². The zero-order chi connectivity index (χ0) is 17.8. The molecule has 0 bridgehead atoms. The van der Waals surface area contributed by atoms with Gasteiger partial charge in [0, 0.05) is 56.6 Å². The average Bonchev–Trinajstić information content (AvgIpc) is 3.17. The van der Waals surface area contributed by atoms with Gasteiger partial charge >= 0.3 is 0 Å². The van der Waals surface area contributed by atoms with E-state index in [2.05, 4.69) is 15.1 Å². The number of rotatable bonds is 4. The first-order valence-electron chi connectivity index (χ1n) is 9.39. The summed E-state index contributed by atoms with van der Waals surface area (Å²) in [5.74, 6) is 2.28. The molecule has 4 rings (SSSR count). The largest absolute Gasteiger partial charge is 0.381 e. The van der Waals surface area contributed by atoms with E-state index in [0.717, 1.165) is 64.2 Å². The van der Waals surface area contributed by atoms with Crippen LogP contribution < -0.4 is 0 Å². The zero-order valence-electron chi connectivity index (χ0n) is 14.8. The van der Waals surface area contributed by atoms with Crippen LogP contribution in [0.2, 0.25) is 0 Å². The molecule has 1 unspecified atom stereocenters. The first kappa shape index (κ1) is 17.1. The summed E-state index contributed by atoms with van der Waals surface area (Å²) in [5.41, 5.74) is 0.695. The second kappa shape index (κ2) is 7.95. The average molecular weight is 356 g/mol. The van der Waals surface area contributed by atoms with Crippen LogP contribution in [0.4, 0.5) is 0 Å². The predicted octanol–water partition coefficient (Wildman–Crippen LogP) is 2.45. The molecule has 4 heterocycles. The summed E-state index contributed by atoms with van der Waals surface area (Å²) in [6, 6.07) is 3.54. The summed E-state index contributed by atoms with van der Waals surface area (Å²) in [6.07, 6.45) is 8.04. The number of ether oxygens (including phenoxy) is 1. The Balaban J connectivity index is 1.36. The number of hydrogen-bond acceptors (Lipinski definition) is 6. The number of carbonyl (C=O) groups is 1. The van der Waals surface area contributed by atoms with E-state index < -0.39 is 0 Å². The molecule has 1 amide bonds. The second-order valence-corrected chi connectivity index (χ2v) is 7.13. The fourth-order valence-corrected chi connectivity index (χ4v) is 3.81. The minimum atomic E-state index is 0.0746. The van der Waals surface area contributed by atoms with Crippen LogP contribution in [-0.4, -0.2) is 52.2 Å². The fraction of sp³-hybridized carbons (Fsp3) is 0.579. The van der Waals surface area contributed by atoms with E-state index in [-0.39, 0.29) is 5.91 Å². The van der Waals surface area contributed by atoms with Crippen LogP contribution in [0.5, 0.6) is 0 Å². The molecule has 1 atom stereocenters. The topological polar surface area (TPSA) is 81.4 Å². The standard InChI is InChI=1S/C19H24N4O3/c24-19(16-3-7-20-8-4-16)23-9-1-2-14(13-23)12-17-21-18(22-26-17)15-5-10-25-11-6-15/h3-4,7-8,14-15H,1-2,5-6,9-13H2. The predicted molar refractivity (Wildman–Crippen MR) is 93.7 cm³/mol. The van der Waals surface area contributed by atoms with Gasteiger partial charge in [0.25, 0.3) is 5.91 Å². The van der Waals surface area contributed by atoms with Crippen molar-refractivity contribution in [1.29, 1.82) is 0 Å². The molecular weight excluding hydrogens is 332 g/mol. The van der Waals surface area contributed by atoms with Crippen LogP contribution in [0.1, 0.15) is 53.7 Å². The highest BCUT2D eigenvalue weighted by Gasteiger charge is 2.27. The molecule has 7 heteroatoms. The van der Waals surface area contributed by atoms with E-state index in [4.69, 9.17) is 9.26 Å². The first-order chi connectivity index (χ1) is 12.8. The van der Waals surface area contributed by atoms with Gasteiger partial charge in [-0.3, -0.25) is 9.78 Å². The van der Waals surface area contributed by atoms with Gasteiger partial charge in [-0.2, -0.15) is 4.98 Å². The quantitative estimate of drug-likeness (QED) is 0.837. The third-order valence-electron chi connectivity index (χ3n) is 5.27. The molecule has 0 radical (unpaired) electrons. The number of carbonyl (C=O) groups excluding carboxylic acids is 1. The molecular formula is C19H24N4O3. The monoisotopic (exact) mass is 356 g/mol. The number of amides is 1. The molecule has 0 spiro atoms. The molecule has 2 aliphatic rings. The van der Waals surface area contributed by atoms with Gasteiger partial charge in [0.15, 0.2) is 5.82 Å². The summed E-state index contributed by atoms with van der Waals surface area (Å²) in [5, 5.41) is 4.18. The van der Waals surface area contributed by atoms with Crippen molar-refractivity contribution in [2.24, 2.45) is 5.92 Å². The summed E-state index contributed by atoms with van der Waals surface area (Å²) in [7, 11) is 0. The Morgan fingerprint density at radius 2 is 2.00 bits per heavy atom. The maximum Gasteiger partial charge on any atom is 0.253 e. The van der Waals surface area contributed by atoms with Gasteiger partial charge in [-0.25, -0.2) is 0 Å². The maximum atomic E-state index is 12.6. The second-order valence-electron chi connectivity index (χ2n) is 7.13. The van der Waals surface area contributed by atoms with Crippen molar-refractivity contribution >= 4 is 5.91 Å². The van der Waals surface area contributed by atoms with Crippen molar-refractivity contribution in [1.82, 2.24) is 20.0 Å².